The van der Waals surface area contributed by atoms with Crippen LogP contribution in [0.4, 0.5) is 15.8 Å². The molecule has 0 aliphatic carbocycles. The van der Waals surface area contributed by atoms with Crippen LogP contribution in [-0.2, 0) is 9.59 Å². The molecular weight excluding hydrogens is 427 g/mol. The summed E-state index contributed by atoms with van der Waals surface area (Å²) in [4.78, 5) is 28.0. The maximum atomic E-state index is 13.5. The van der Waals surface area contributed by atoms with E-state index in [9.17, 15) is 14.0 Å². The summed E-state index contributed by atoms with van der Waals surface area (Å²) in [6.45, 7) is 0. The minimum Gasteiger partial charge on any atom is -0.495 e. The lowest BCUT2D eigenvalue weighted by Crippen LogP contribution is -2.32. The first-order valence-corrected chi connectivity index (χ1v) is 9.99. The molecule has 0 atom stereocenters. The van der Waals surface area contributed by atoms with Crippen LogP contribution in [0.5, 0.6) is 17.2 Å². The monoisotopic (exact) mass is 448 g/mol. The second-order valence-electron chi connectivity index (χ2n) is 7.07. The third-order valence-electron chi connectivity index (χ3n) is 5.21. The molecule has 168 valence electrons. The number of hydrogen-bond acceptors (Lipinski definition) is 6. The molecule has 3 aromatic carbocycles. The van der Waals surface area contributed by atoms with E-state index in [1.807, 2.05) is 0 Å². The number of carbonyl (C=O) groups is 2. The van der Waals surface area contributed by atoms with E-state index in [1.165, 1.54) is 45.6 Å². The maximum Gasteiger partial charge on any atom is 0.282 e. The van der Waals surface area contributed by atoms with E-state index in [-0.39, 0.29) is 17.0 Å². The average Bonchev–Trinajstić information content (AvgIpc) is 3.08. The normalized spacial score (nSPS) is 13.4. The molecule has 8 heteroatoms. The quantitative estimate of drug-likeness (QED) is 0.545. The Morgan fingerprint density at radius 3 is 2.09 bits per heavy atom. The summed E-state index contributed by atoms with van der Waals surface area (Å²) >= 11 is 0. The molecule has 33 heavy (non-hydrogen) atoms. The largest absolute Gasteiger partial charge is 0.495 e. The molecule has 0 saturated heterocycles. The number of halogens is 1. The van der Waals surface area contributed by atoms with Gasteiger partial charge < -0.3 is 19.5 Å². The number of nitrogens with one attached hydrogen (secondary N) is 1. The maximum absolute atomic E-state index is 13.5. The highest BCUT2D eigenvalue weighted by Gasteiger charge is 2.40. The molecule has 0 fully saturated rings. The van der Waals surface area contributed by atoms with Gasteiger partial charge in [-0.05, 0) is 54.1 Å². The lowest BCUT2D eigenvalue weighted by Gasteiger charge is -2.16. The Balaban J connectivity index is 1.87. The van der Waals surface area contributed by atoms with Gasteiger partial charge >= 0.3 is 0 Å². The smallest absolute Gasteiger partial charge is 0.282 e. The number of ether oxygens (including phenoxy) is 3. The van der Waals surface area contributed by atoms with Crippen molar-refractivity contribution in [1.29, 1.82) is 0 Å². The minimum absolute atomic E-state index is 0.0565. The lowest BCUT2D eigenvalue weighted by molar-refractivity contribution is -0.120. The zero-order valence-electron chi connectivity index (χ0n) is 18.2. The SMILES string of the molecule is COc1ccccc1NC1=C(c2ccc(OC)c(OC)c2)C(=O)N(c2ccc(F)cc2)C1=O. The van der Waals surface area contributed by atoms with Crippen LogP contribution in [-0.4, -0.2) is 33.1 Å². The van der Waals surface area contributed by atoms with E-state index in [1.54, 1.807) is 42.5 Å². The summed E-state index contributed by atoms with van der Waals surface area (Å²) in [5.41, 5.74) is 1.40. The molecule has 0 saturated carbocycles. The van der Waals surface area contributed by atoms with Gasteiger partial charge in [0.15, 0.2) is 11.5 Å². The second kappa shape index (κ2) is 9.04. The van der Waals surface area contributed by atoms with Gasteiger partial charge in [0.1, 0.15) is 17.3 Å². The fourth-order valence-electron chi connectivity index (χ4n) is 3.61. The van der Waals surface area contributed by atoms with Gasteiger partial charge in [0.25, 0.3) is 11.8 Å². The molecular formula is C25H21FN2O5. The summed E-state index contributed by atoms with van der Waals surface area (Å²) < 4.78 is 29.5. The van der Waals surface area contributed by atoms with Crippen molar-refractivity contribution in [1.82, 2.24) is 0 Å². The molecule has 1 heterocycles. The average molecular weight is 448 g/mol. The highest BCUT2D eigenvalue weighted by molar-refractivity contribution is 6.46. The van der Waals surface area contributed by atoms with Gasteiger partial charge in [-0.1, -0.05) is 18.2 Å². The van der Waals surface area contributed by atoms with Gasteiger partial charge in [0.2, 0.25) is 0 Å². The van der Waals surface area contributed by atoms with E-state index in [2.05, 4.69) is 5.32 Å². The fourth-order valence-corrected chi connectivity index (χ4v) is 3.61. The Morgan fingerprint density at radius 2 is 1.42 bits per heavy atom. The molecule has 7 nitrogen and oxygen atoms in total. The first-order chi connectivity index (χ1) is 16.0. The van der Waals surface area contributed by atoms with Gasteiger partial charge in [0, 0.05) is 0 Å². The number of anilines is 2. The minimum atomic E-state index is -0.581. The highest BCUT2D eigenvalue weighted by Crippen LogP contribution is 2.38. The molecule has 0 bridgehead atoms. The standard InChI is InChI=1S/C25H21FN2O5/c1-31-19-7-5-4-6-18(19)27-23-22(15-8-13-20(32-2)21(14-15)33-3)24(29)28(25(23)30)17-11-9-16(26)10-12-17/h4-14,27H,1-3H3. The Kier molecular flexibility index (Phi) is 5.99. The topological polar surface area (TPSA) is 77.1 Å². The fraction of sp³-hybridized carbons (Fsp3) is 0.120. The Hall–Kier alpha value is -4.33. The van der Waals surface area contributed by atoms with E-state index in [0.29, 0.717) is 28.5 Å². The van der Waals surface area contributed by atoms with Crippen molar-refractivity contribution in [2.24, 2.45) is 0 Å². The van der Waals surface area contributed by atoms with Crippen molar-refractivity contribution in [3.05, 3.63) is 83.8 Å². The first-order valence-electron chi connectivity index (χ1n) is 9.99. The van der Waals surface area contributed by atoms with Crippen molar-refractivity contribution < 1.29 is 28.2 Å². The number of amides is 2. The third kappa shape index (κ3) is 3.98. The number of imide groups is 1. The van der Waals surface area contributed by atoms with Crippen LogP contribution in [0.2, 0.25) is 0 Å². The number of carbonyl (C=O) groups excluding carboxylic acids is 2. The van der Waals surface area contributed by atoms with Crippen LogP contribution in [0.3, 0.4) is 0 Å². The highest BCUT2D eigenvalue weighted by atomic mass is 19.1. The van der Waals surface area contributed by atoms with Gasteiger partial charge in [-0.15, -0.1) is 0 Å². The summed E-state index contributed by atoms with van der Waals surface area (Å²) in [7, 11) is 4.50. The number of methoxy groups -OCH3 is 3. The molecule has 0 unspecified atom stereocenters. The number of hydrogen-bond donors (Lipinski definition) is 1. The summed E-state index contributed by atoms with van der Waals surface area (Å²) in [6.07, 6.45) is 0. The van der Waals surface area contributed by atoms with Crippen LogP contribution in [0.1, 0.15) is 5.56 Å². The van der Waals surface area contributed by atoms with Crippen LogP contribution < -0.4 is 24.4 Å². The van der Waals surface area contributed by atoms with E-state index >= 15 is 0 Å². The predicted octanol–water partition coefficient (Wildman–Crippen LogP) is 4.25. The molecule has 1 aliphatic heterocycles. The zero-order valence-corrected chi connectivity index (χ0v) is 18.2. The van der Waals surface area contributed by atoms with Crippen molar-refractivity contribution >= 4 is 28.8 Å². The van der Waals surface area contributed by atoms with Crippen LogP contribution >= 0.6 is 0 Å². The molecule has 3 aromatic rings. The van der Waals surface area contributed by atoms with Gasteiger partial charge in [0.05, 0.1) is 38.3 Å². The summed E-state index contributed by atoms with van der Waals surface area (Å²) in [5, 5.41) is 3.06. The van der Waals surface area contributed by atoms with Crippen molar-refractivity contribution in [3.8, 4) is 17.2 Å². The van der Waals surface area contributed by atoms with E-state index in [4.69, 9.17) is 14.2 Å². The van der Waals surface area contributed by atoms with Gasteiger partial charge in [-0.3, -0.25) is 9.59 Å². The predicted molar refractivity (Wildman–Crippen MR) is 122 cm³/mol. The van der Waals surface area contributed by atoms with E-state index in [0.717, 1.165) is 4.90 Å². The number of rotatable bonds is 7. The Bertz CT molecular complexity index is 1250. The zero-order chi connectivity index (χ0) is 23.5. The van der Waals surface area contributed by atoms with Crippen molar-refractivity contribution in [3.63, 3.8) is 0 Å². The molecule has 1 N–H and O–H groups in total. The van der Waals surface area contributed by atoms with Crippen LogP contribution in [0.25, 0.3) is 5.57 Å². The lowest BCUT2D eigenvalue weighted by atomic mass is 10.0. The van der Waals surface area contributed by atoms with Crippen LogP contribution in [0.15, 0.2) is 72.4 Å². The molecule has 0 radical (unpaired) electrons. The summed E-state index contributed by atoms with van der Waals surface area (Å²) in [6, 6.07) is 17.1. The molecule has 0 spiro atoms. The van der Waals surface area contributed by atoms with Gasteiger partial charge in [-0.2, -0.15) is 0 Å². The van der Waals surface area contributed by atoms with E-state index < -0.39 is 17.6 Å². The molecule has 0 aromatic heterocycles. The number of para-hydroxylation sites is 2. The second-order valence-corrected chi connectivity index (χ2v) is 7.07. The molecule has 1 aliphatic rings. The van der Waals surface area contributed by atoms with Crippen molar-refractivity contribution in [2.75, 3.05) is 31.5 Å². The van der Waals surface area contributed by atoms with Gasteiger partial charge in [-0.25, -0.2) is 9.29 Å². The molecule has 4 rings (SSSR count). The van der Waals surface area contributed by atoms with Crippen molar-refractivity contribution in [2.45, 2.75) is 0 Å². The number of benzene rings is 3. The molecule has 2 amide bonds. The first kappa shape index (κ1) is 21.9. The Labute approximate surface area is 190 Å². The van der Waals surface area contributed by atoms with Crippen LogP contribution in [0, 0.1) is 5.82 Å². The number of nitrogens with zero attached hydrogens (tertiary/aromatic N) is 1. The third-order valence-corrected chi connectivity index (χ3v) is 5.21. The summed E-state index contributed by atoms with van der Waals surface area (Å²) in [5.74, 6) is -0.234. The Morgan fingerprint density at radius 1 is 0.758 bits per heavy atom.